The van der Waals surface area contributed by atoms with Crippen LogP contribution in [0, 0.1) is 11.6 Å². The van der Waals surface area contributed by atoms with Gasteiger partial charge in [0.15, 0.2) is 11.6 Å². The van der Waals surface area contributed by atoms with Gasteiger partial charge in [-0.15, -0.1) is 0 Å². The van der Waals surface area contributed by atoms with E-state index < -0.39 is 11.6 Å². The van der Waals surface area contributed by atoms with E-state index in [0.29, 0.717) is 23.0 Å². The number of rotatable bonds is 3. The third-order valence-corrected chi connectivity index (χ3v) is 3.49. The quantitative estimate of drug-likeness (QED) is 0.923. The second-order valence-corrected chi connectivity index (χ2v) is 4.85. The Kier molecular flexibility index (Phi) is 2.77. The third kappa shape index (κ3) is 1.99. The van der Waals surface area contributed by atoms with E-state index >= 15 is 0 Å². The second-order valence-electron chi connectivity index (χ2n) is 4.85. The number of halogens is 2. The van der Waals surface area contributed by atoms with E-state index in [-0.39, 0.29) is 0 Å². The molecule has 0 bridgehead atoms. The Bertz CT molecular complexity index is 630. The first kappa shape index (κ1) is 12.1. The molecule has 2 N–H and O–H groups in total. The summed E-state index contributed by atoms with van der Waals surface area (Å²) in [5.41, 5.74) is 7.15. The summed E-state index contributed by atoms with van der Waals surface area (Å²) in [4.78, 5) is 4.53. The molecule has 0 atom stereocenters. The molecule has 0 saturated heterocycles. The standard InChI is InChI=1S/C14H15F2N3/c1-2-19-13(17)12(18-14(19)8-3-4-8)9-5-6-10(15)11(16)7-9/h5-8H,2-4,17H2,1H3. The van der Waals surface area contributed by atoms with Gasteiger partial charge in [0.2, 0.25) is 0 Å². The summed E-state index contributed by atoms with van der Waals surface area (Å²) in [6, 6.07) is 3.75. The van der Waals surface area contributed by atoms with E-state index in [1.165, 1.54) is 6.07 Å². The molecule has 3 nitrogen and oxygen atoms in total. The van der Waals surface area contributed by atoms with Crippen LogP contribution >= 0.6 is 0 Å². The van der Waals surface area contributed by atoms with Crippen molar-refractivity contribution < 1.29 is 8.78 Å². The number of nitrogen functional groups attached to an aromatic ring is 1. The van der Waals surface area contributed by atoms with Crippen LogP contribution < -0.4 is 5.73 Å². The topological polar surface area (TPSA) is 43.8 Å². The molecule has 1 heterocycles. The number of nitrogens with two attached hydrogens (primary N) is 1. The number of hydrogen-bond donors (Lipinski definition) is 1. The summed E-state index contributed by atoms with van der Waals surface area (Å²) in [6.45, 7) is 2.73. The van der Waals surface area contributed by atoms with E-state index in [9.17, 15) is 8.78 Å². The first-order valence-corrected chi connectivity index (χ1v) is 6.43. The lowest BCUT2D eigenvalue weighted by molar-refractivity contribution is 0.509. The second kappa shape index (κ2) is 4.33. The maximum atomic E-state index is 13.3. The van der Waals surface area contributed by atoms with E-state index in [0.717, 1.165) is 37.3 Å². The Morgan fingerprint density at radius 3 is 2.63 bits per heavy atom. The molecule has 1 aromatic heterocycles. The summed E-state index contributed by atoms with van der Waals surface area (Å²) in [5.74, 6) is 0.201. The van der Waals surface area contributed by atoms with E-state index in [2.05, 4.69) is 4.98 Å². The normalized spacial score (nSPS) is 14.9. The number of imidazole rings is 1. The van der Waals surface area contributed by atoms with Crippen molar-refractivity contribution in [3.05, 3.63) is 35.7 Å². The van der Waals surface area contributed by atoms with Crippen molar-refractivity contribution in [2.75, 3.05) is 5.73 Å². The summed E-state index contributed by atoms with van der Waals surface area (Å²) in [6.07, 6.45) is 2.24. The summed E-state index contributed by atoms with van der Waals surface area (Å²) >= 11 is 0. The van der Waals surface area contributed by atoms with E-state index in [1.807, 2.05) is 11.5 Å². The highest BCUT2D eigenvalue weighted by molar-refractivity contribution is 5.71. The molecule has 0 spiro atoms. The molecule has 1 fully saturated rings. The van der Waals surface area contributed by atoms with Crippen LogP contribution in [0.15, 0.2) is 18.2 Å². The Morgan fingerprint density at radius 2 is 2.05 bits per heavy atom. The lowest BCUT2D eigenvalue weighted by atomic mass is 10.1. The van der Waals surface area contributed by atoms with Gasteiger partial charge in [0.05, 0.1) is 0 Å². The third-order valence-electron chi connectivity index (χ3n) is 3.49. The molecule has 5 heteroatoms. The van der Waals surface area contributed by atoms with Crippen LogP contribution in [0.3, 0.4) is 0 Å². The van der Waals surface area contributed by atoms with Gasteiger partial charge >= 0.3 is 0 Å². The van der Waals surface area contributed by atoms with Gasteiger partial charge in [0.25, 0.3) is 0 Å². The Balaban J connectivity index is 2.11. The highest BCUT2D eigenvalue weighted by Gasteiger charge is 2.30. The summed E-state index contributed by atoms with van der Waals surface area (Å²) in [5, 5.41) is 0. The Labute approximate surface area is 110 Å². The minimum absolute atomic E-state index is 0.460. The van der Waals surface area contributed by atoms with Crippen molar-refractivity contribution in [2.24, 2.45) is 0 Å². The van der Waals surface area contributed by atoms with Crippen LogP contribution in [0.2, 0.25) is 0 Å². The van der Waals surface area contributed by atoms with Gasteiger partial charge in [-0.05, 0) is 38.0 Å². The number of benzene rings is 1. The van der Waals surface area contributed by atoms with Gasteiger partial charge in [0.1, 0.15) is 17.3 Å². The molecule has 0 radical (unpaired) electrons. The average molecular weight is 263 g/mol. The molecule has 0 amide bonds. The molecule has 100 valence electrons. The van der Waals surface area contributed by atoms with Crippen molar-refractivity contribution in [1.82, 2.24) is 9.55 Å². The number of hydrogen-bond acceptors (Lipinski definition) is 2. The lowest BCUT2D eigenvalue weighted by Crippen LogP contribution is -2.04. The Hall–Kier alpha value is -1.91. The fourth-order valence-corrected chi connectivity index (χ4v) is 2.32. The predicted octanol–water partition coefficient (Wildman–Crippen LogP) is 3.31. The van der Waals surface area contributed by atoms with E-state index in [1.54, 1.807) is 0 Å². The zero-order chi connectivity index (χ0) is 13.6. The maximum absolute atomic E-state index is 13.3. The van der Waals surface area contributed by atoms with Gasteiger partial charge in [-0.3, -0.25) is 0 Å². The fourth-order valence-electron chi connectivity index (χ4n) is 2.32. The minimum atomic E-state index is -0.879. The van der Waals surface area contributed by atoms with Crippen molar-refractivity contribution in [2.45, 2.75) is 32.2 Å². The predicted molar refractivity (Wildman–Crippen MR) is 69.6 cm³/mol. The molecule has 1 aliphatic carbocycles. The van der Waals surface area contributed by atoms with Gasteiger partial charge < -0.3 is 10.3 Å². The van der Waals surface area contributed by atoms with Gasteiger partial charge in [-0.1, -0.05) is 0 Å². The maximum Gasteiger partial charge on any atom is 0.159 e. The lowest BCUT2D eigenvalue weighted by Gasteiger charge is -2.05. The fraction of sp³-hybridized carbons (Fsp3) is 0.357. The Morgan fingerprint density at radius 1 is 1.32 bits per heavy atom. The molecule has 2 aromatic rings. The number of anilines is 1. The van der Waals surface area contributed by atoms with Gasteiger partial charge in [-0.2, -0.15) is 0 Å². The van der Waals surface area contributed by atoms with Crippen LogP contribution in [0.4, 0.5) is 14.6 Å². The first-order chi connectivity index (χ1) is 9.11. The summed E-state index contributed by atoms with van der Waals surface area (Å²) < 4.78 is 28.2. The highest BCUT2D eigenvalue weighted by atomic mass is 19.2. The first-order valence-electron chi connectivity index (χ1n) is 6.43. The smallest absolute Gasteiger partial charge is 0.159 e. The molecule has 1 aliphatic rings. The number of nitrogens with zero attached hydrogens (tertiary/aromatic N) is 2. The van der Waals surface area contributed by atoms with Gasteiger partial charge in [-0.25, -0.2) is 13.8 Å². The van der Waals surface area contributed by atoms with Crippen LogP contribution in [0.1, 0.15) is 31.5 Å². The van der Waals surface area contributed by atoms with Crippen molar-refractivity contribution >= 4 is 5.82 Å². The molecule has 1 aromatic carbocycles. The average Bonchev–Trinajstić information content (AvgIpc) is 3.17. The van der Waals surface area contributed by atoms with Crippen LogP contribution in [0.5, 0.6) is 0 Å². The molecule has 0 unspecified atom stereocenters. The zero-order valence-electron chi connectivity index (χ0n) is 10.7. The van der Waals surface area contributed by atoms with Crippen molar-refractivity contribution in [3.63, 3.8) is 0 Å². The van der Waals surface area contributed by atoms with Crippen LogP contribution in [-0.2, 0) is 6.54 Å². The molecule has 0 aliphatic heterocycles. The minimum Gasteiger partial charge on any atom is -0.383 e. The van der Waals surface area contributed by atoms with Crippen LogP contribution in [0.25, 0.3) is 11.3 Å². The van der Waals surface area contributed by atoms with Crippen LogP contribution in [-0.4, -0.2) is 9.55 Å². The van der Waals surface area contributed by atoms with Crippen molar-refractivity contribution in [3.8, 4) is 11.3 Å². The summed E-state index contributed by atoms with van der Waals surface area (Å²) in [7, 11) is 0. The molecular formula is C14H15F2N3. The van der Waals surface area contributed by atoms with E-state index in [4.69, 9.17) is 5.73 Å². The molecule has 3 rings (SSSR count). The SMILES string of the molecule is CCn1c(C2CC2)nc(-c2ccc(F)c(F)c2)c1N. The zero-order valence-corrected chi connectivity index (χ0v) is 10.7. The van der Waals surface area contributed by atoms with Crippen molar-refractivity contribution in [1.29, 1.82) is 0 Å². The molecule has 19 heavy (non-hydrogen) atoms. The highest BCUT2D eigenvalue weighted by Crippen LogP contribution is 2.42. The van der Waals surface area contributed by atoms with Gasteiger partial charge in [0, 0.05) is 18.0 Å². The molecule has 1 saturated carbocycles. The monoisotopic (exact) mass is 263 g/mol. The molecular weight excluding hydrogens is 248 g/mol. The number of aromatic nitrogens is 2. The largest absolute Gasteiger partial charge is 0.383 e.